The van der Waals surface area contributed by atoms with Gasteiger partial charge in [0.1, 0.15) is 4.21 Å². The van der Waals surface area contributed by atoms with Crippen molar-refractivity contribution in [3.05, 3.63) is 17.0 Å². The van der Waals surface area contributed by atoms with Crippen LogP contribution in [0.1, 0.15) is 4.88 Å². The Bertz CT molecular complexity index is 565. The first kappa shape index (κ1) is 18.1. The van der Waals surface area contributed by atoms with Crippen molar-refractivity contribution in [3.8, 4) is 0 Å². The van der Waals surface area contributed by atoms with E-state index in [0.29, 0.717) is 16.7 Å². The predicted octanol–water partition coefficient (Wildman–Crippen LogP) is 1.63. The number of nitrogens with two attached hydrogens (primary N) is 1. The zero-order chi connectivity index (χ0) is 13.9. The molecule has 2 N–H and O–H groups in total. The van der Waals surface area contributed by atoms with Gasteiger partial charge < -0.3 is 10.6 Å². The van der Waals surface area contributed by atoms with Crippen molar-refractivity contribution in [2.75, 3.05) is 30.9 Å². The van der Waals surface area contributed by atoms with E-state index in [-0.39, 0.29) is 24.0 Å². The zero-order valence-electron chi connectivity index (χ0n) is 11.1. The summed E-state index contributed by atoms with van der Waals surface area (Å²) in [6.07, 6.45) is 1.21. The molecule has 0 radical (unpaired) electrons. The molecule has 1 aromatic heterocycles. The number of halogens is 1. The number of guanidine groups is 1. The van der Waals surface area contributed by atoms with Gasteiger partial charge in [0.15, 0.2) is 15.8 Å². The third-order valence-electron chi connectivity index (χ3n) is 2.73. The molecule has 1 saturated heterocycles. The second-order valence-corrected chi connectivity index (χ2v) is 8.90. The number of hydrogen-bond acceptors (Lipinski definition) is 5. The van der Waals surface area contributed by atoms with Gasteiger partial charge in [-0.15, -0.1) is 35.3 Å². The first-order valence-corrected chi connectivity index (χ1v) is 9.74. The van der Waals surface area contributed by atoms with Crippen LogP contribution in [-0.2, 0) is 16.4 Å². The van der Waals surface area contributed by atoms with Crippen molar-refractivity contribution in [1.82, 2.24) is 4.90 Å². The third-order valence-corrected chi connectivity index (χ3v) is 6.57. The SMILES string of the molecule is CS(=O)(=O)c1ccc(CN=C(N)N2CCSCC2)s1.I. The predicted molar refractivity (Wildman–Crippen MR) is 97.1 cm³/mol. The highest BCUT2D eigenvalue weighted by Gasteiger charge is 2.13. The number of hydrogen-bond donors (Lipinski definition) is 1. The second kappa shape index (κ2) is 7.85. The minimum absolute atomic E-state index is 0. The molecule has 1 aromatic rings. The topological polar surface area (TPSA) is 75.8 Å². The van der Waals surface area contributed by atoms with E-state index in [2.05, 4.69) is 9.89 Å². The molecule has 20 heavy (non-hydrogen) atoms. The van der Waals surface area contributed by atoms with Crippen molar-refractivity contribution >= 4 is 62.9 Å². The lowest BCUT2D eigenvalue weighted by Gasteiger charge is -2.27. The van der Waals surface area contributed by atoms with Gasteiger partial charge in [-0.05, 0) is 12.1 Å². The zero-order valence-corrected chi connectivity index (χ0v) is 15.9. The van der Waals surface area contributed by atoms with Crippen molar-refractivity contribution in [3.63, 3.8) is 0 Å². The van der Waals surface area contributed by atoms with Crippen LogP contribution in [0, 0.1) is 0 Å². The Hall–Kier alpha value is -0.000000000000000111. The molecule has 0 aliphatic carbocycles. The molecule has 0 spiro atoms. The van der Waals surface area contributed by atoms with E-state index in [4.69, 9.17) is 5.73 Å². The lowest BCUT2D eigenvalue weighted by atomic mass is 10.5. The minimum Gasteiger partial charge on any atom is -0.370 e. The molecule has 9 heteroatoms. The van der Waals surface area contributed by atoms with Crippen LogP contribution in [0.3, 0.4) is 0 Å². The molecule has 0 saturated carbocycles. The van der Waals surface area contributed by atoms with Gasteiger partial charge in [0.25, 0.3) is 0 Å². The normalized spacial score (nSPS) is 16.9. The largest absolute Gasteiger partial charge is 0.370 e. The fourth-order valence-corrected chi connectivity index (χ4v) is 4.50. The van der Waals surface area contributed by atoms with E-state index >= 15 is 0 Å². The van der Waals surface area contributed by atoms with Crippen LogP contribution < -0.4 is 5.73 Å². The Kier molecular flexibility index (Phi) is 7.09. The molecule has 0 amide bonds. The maximum atomic E-state index is 11.4. The molecule has 2 rings (SSSR count). The summed E-state index contributed by atoms with van der Waals surface area (Å²) in [5.74, 6) is 2.70. The van der Waals surface area contributed by atoms with Gasteiger partial charge in [-0.25, -0.2) is 13.4 Å². The second-order valence-electron chi connectivity index (χ2n) is 4.27. The molecule has 1 aliphatic rings. The van der Waals surface area contributed by atoms with Crippen LogP contribution in [0.15, 0.2) is 21.3 Å². The van der Waals surface area contributed by atoms with E-state index in [1.165, 1.54) is 17.6 Å². The Morgan fingerprint density at radius 1 is 1.40 bits per heavy atom. The molecular formula is C11H18IN3O2S3. The van der Waals surface area contributed by atoms with Gasteiger partial charge in [-0.3, -0.25) is 0 Å². The molecule has 0 atom stereocenters. The number of nitrogens with zero attached hydrogens (tertiary/aromatic N) is 2. The van der Waals surface area contributed by atoms with Crippen molar-refractivity contribution < 1.29 is 8.42 Å². The Balaban J connectivity index is 0.00000200. The van der Waals surface area contributed by atoms with Gasteiger partial charge in [0.2, 0.25) is 0 Å². The van der Waals surface area contributed by atoms with Gasteiger partial charge in [-0.2, -0.15) is 11.8 Å². The molecule has 0 aromatic carbocycles. The fourth-order valence-electron chi connectivity index (χ4n) is 1.69. The summed E-state index contributed by atoms with van der Waals surface area (Å²) in [6, 6.07) is 3.42. The third kappa shape index (κ3) is 5.08. The Labute approximate surface area is 145 Å². The number of thioether (sulfide) groups is 1. The summed E-state index contributed by atoms with van der Waals surface area (Å²) in [5, 5.41) is 0. The summed E-state index contributed by atoms with van der Waals surface area (Å²) in [5.41, 5.74) is 5.94. The van der Waals surface area contributed by atoms with Gasteiger partial charge in [-0.1, -0.05) is 0 Å². The maximum Gasteiger partial charge on any atom is 0.191 e. The smallest absolute Gasteiger partial charge is 0.191 e. The van der Waals surface area contributed by atoms with E-state index in [9.17, 15) is 8.42 Å². The lowest BCUT2D eigenvalue weighted by Crippen LogP contribution is -2.42. The van der Waals surface area contributed by atoms with Crippen LogP contribution >= 0.6 is 47.1 Å². The van der Waals surface area contributed by atoms with Gasteiger partial charge in [0.05, 0.1) is 6.54 Å². The van der Waals surface area contributed by atoms with Crippen molar-refractivity contribution in [2.24, 2.45) is 10.7 Å². The molecule has 0 bridgehead atoms. The first-order chi connectivity index (χ1) is 8.97. The number of thiophene rings is 1. The van der Waals surface area contributed by atoms with Crippen LogP contribution in [0.5, 0.6) is 0 Å². The first-order valence-electron chi connectivity index (χ1n) is 5.88. The molecule has 0 unspecified atom stereocenters. The quantitative estimate of drug-likeness (QED) is 0.433. The molecule has 5 nitrogen and oxygen atoms in total. The van der Waals surface area contributed by atoms with Crippen molar-refractivity contribution in [1.29, 1.82) is 0 Å². The van der Waals surface area contributed by atoms with Crippen LogP contribution in [0.25, 0.3) is 0 Å². The number of rotatable bonds is 3. The van der Waals surface area contributed by atoms with E-state index in [0.717, 1.165) is 29.5 Å². The molecular weight excluding hydrogens is 429 g/mol. The highest BCUT2D eigenvalue weighted by molar-refractivity contribution is 14.0. The van der Waals surface area contributed by atoms with Gasteiger partial charge in [0, 0.05) is 35.7 Å². The Morgan fingerprint density at radius 3 is 2.60 bits per heavy atom. The van der Waals surface area contributed by atoms with Gasteiger partial charge >= 0.3 is 0 Å². The monoisotopic (exact) mass is 447 g/mol. The highest BCUT2D eigenvalue weighted by atomic mass is 127. The average molecular weight is 447 g/mol. The highest BCUT2D eigenvalue weighted by Crippen LogP contribution is 2.22. The maximum absolute atomic E-state index is 11.4. The van der Waals surface area contributed by atoms with E-state index in [1.807, 2.05) is 11.8 Å². The molecule has 2 heterocycles. The van der Waals surface area contributed by atoms with Crippen LogP contribution in [-0.4, -0.2) is 50.1 Å². The molecule has 1 fully saturated rings. The molecule has 114 valence electrons. The molecule has 1 aliphatic heterocycles. The van der Waals surface area contributed by atoms with E-state index in [1.54, 1.807) is 12.1 Å². The van der Waals surface area contributed by atoms with Crippen LogP contribution in [0.2, 0.25) is 0 Å². The van der Waals surface area contributed by atoms with E-state index < -0.39 is 9.84 Å². The van der Waals surface area contributed by atoms with Crippen LogP contribution in [0.4, 0.5) is 0 Å². The Morgan fingerprint density at radius 2 is 2.05 bits per heavy atom. The average Bonchev–Trinajstić information content (AvgIpc) is 2.86. The summed E-state index contributed by atoms with van der Waals surface area (Å²) in [4.78, 5) is 7.32. The fraction of sp³-hybridized carbons (Fsp3) is 0.545. The summed E-state index contributed by atoms with van der Waals surface area (Å²) >= 11 is 3.17. The summed E-state index contributed by atoms with van der Waals surface area (Å²) in [6.45, 7) is 2.30. The minimum atomic E-state index is -3.12. The van der Waals surface area contributed by atoms with Crippen molar-refractivity contribution in [2.45, 2.75) is 10.8 Å². The standard InChI is InChI=1S/C11H17N3O2S3.HI/c1-19(15,16)10-3-2-9(18-10)8-13-11(12)14-4-6-17-7-5-14;/h2-3H,4-8H2,1H3,(H2,12,13);1H. The summed E-state index contributed by atoms with van der Waals surface area (Å²) < 4.78 is 23.1. The lowest BCUT2D eigenvalue weighted by molar-refractivity contribution is 0.456. The summed E-state index contributed by atoms with van der Waals surface area (Å²) in [7, 11) is -3.12. The number of sulfone groups is 1. The number of aliphatic imine (C=N–C) groups is 1.